The number of hydrogen-bond donors (Lipinski definition) is 1. The molecule has 2 N–H and O–H groups in total. The first kappa shape index (κ1) is 14.0. The molecule has 1 aliphatic carbocycles. The Kier molecular flexibility index (Phi) is 3.95. The number of ether oxygens (including phenoxy) is 1. The van der Waals surface area contributed by atoms with Crippen LogP contribution in [0.25, 0.3) is 0 Å². The fourth-order valence-corrected chi connectivity index (χ4v) is 3.33. The summed E-state index contributed by atoms with van der Waals surface area (Å²) < 4.78 is 15.2. The van der Waals surface area contributed by atoms with Crippen LogP contribution in [0.2, 0.25) is 10.0 Å². The monoisotopic (exact) mass is 339 g/mol. The van der Waals surface area contributed by atoms with E-state index in [0.29, 0.717) is 11.4 Å². The van der Waals surface area contributed by atoms with Gasteiger partial charge in [-0.2, -0.15) is 0 Å². The van der Waals surface area contributed by atoms with Gasteiger partial charge in [0.05, 0.1) is 17.6 Å². The van der Waals surface area contributed by atoms with Crippen LogP contribution in [0.3, 0.4) is 0 Å². The number of nitrogens with zero attached hydrogens (tertiary/aromatic N) is 1. The largest absolute Gasteiger partial charge is 0.453 e. The summed E-state index contributed by atoms with van der Waals surface area (Å²) in [6.45, 7) is 0. The Morgan fingerprint density at radius 3 is 2.55 bits per heavy atom. The van der Waals surface area contributed by atoms with Crippen LogP contribution in [-0.2, 0) is 0 Å². The third-order valence-corrected chi connectivity index (χ3v) is 4.36. The van der Waals surface area contributed by atoms with E-state index < -0.39 is 0 Å². The summed E-state index contributed by atoms with van der Waals surface area (Å²) in [5.41, 5.74) is 5.80. The lowest BCUT2D eigenvalue weighted by atomic mass is 10.2. The standard InChI is InChI=1S/C16H16Cl2N2O2/c17-13-7-10(19)8-14(18)16(13)22-12-5-6-15(21)20(9-12)11-3-1-2-4-11/h5-9,11H,1-4,19H2/i6D. The van der Waals surface area contributed by atoms with Crippen LogP contribution in [0.15, 0.2) is 35.2 Å². The van der Waals surface area contributed by atoms with Gasteiger partial charge in [-0.1, -0.05) is 36.0 Å². The van der Waals surface area contributed by atoms with Crippen LogP contribution in [-0.4, -0.2) is 4.57 Å². The van der Waals surface area contributed by atoms with Crippen molar-refractivity contribution < 1.29 is 6.11 Å². The minimum Gasteiger partial charge on any atom is -0.453 e. The molecule has 1 aliphatic rings. The molecule has 0 radical (unpaired) electrons. The molecule has 0 atom stereocenters. The molecule has 22 heavy (non-hydrogen) atoms. The lowest BCUT2D eigenvalue weighted by Crippen LogP contribution is -2.21. The third kappa shape index (κ3) is 3.08. The van der Waals surface area contributed by atoms with Gasteiger partial charge in [0.15, 0.2) is 5.75 Å². The quantitative estimate of drug-likeness (QED) is 0.828. The fraction of sp³-hybridized carbons (Fsp3) is 0.312. The van der Waals surface area contributed by atoms with E-state index in [1.165, 1.54) is 18.2 Å². The molecular formula is C16H16Cl2N2O2. The van der Waals surface area contributed by atoms with E-state index in [0.717, 1.165) is 25.7 Å². The van der Waals surface area contributed by atoms with Gasteiger partial charge in [-0.05, 0) is 31.0 Å². The molecule has 1 heterocycles. The maximum absolute atomic E-state index is 12.2. The Morgan fingerprint density at radius 2 is 1.91 bits per heavy atom. The van der Waals surface area contributed by atoms with E-state index in [2.05, 4.69) is 0 Å². The second-order valence-electron chi connectivity index (χ2n) is 5.39. The number of pyridine rings is 1. The Labute approximate surface area is 139 Å². The zero-order chi connectivity index (χ0) is 16.6. The smallest absolute Gasteiger partial charge is 0.251 e. The molecule has 1 saturated carbocycles. The number of rotatable bonds is 3. The molecule has 116 valence electrons. The van der Waals surface area contributed by atoms with E-state index in [4.69, 9.17) is 35.0 Å². The van der Waals surface area contributed by atoms with Gasteiger partial charge in [0.2, 0.25) is 0 Å². The molecule has 1 aromatic carbocycles. The van der Waals surface area contributed by atoms with Gasteiger partial charge >= 0.3 is 0 Å². The number of benzene rings is 1. The molecule has 0 amide bonds. The second-order valence-corrected chi connectivity index (χ2v) is 6.20. The minimum absolute atomic E-state index is 0.114. The average molecular weight is 340 g/mol. The van der Waals surface area contributed by atoms with Crippen LogP contribution in [0.5, 0.6) is 11.5 Å². The number of hydrogen-bond acceptors (Lipinski definition) is 3. The first-order valence-corrected chi connectivity index (χ1v) is 7.86. The SMILES string of the molecule is [2H]c1cc(Oc2c(Cl)cc(N)cc2Cl)cn(C2CCCC2)c1=O. The van der Waals surface area contributed by atoms with Crippen molar-refractivity contribution in [3.05, 3.63) is 50.8 Å². The van der Waals surface area contributed by atoms with Gasteiger partial charge in [-0.3, -0.25) is 4.79 Å². The molecule has 6 heteroatoms. The highest BCUT2D eigenvalue weighted by Gasteiger charge is 2.18. The number of halogens is 2. The molecule has 0 unspecified atom stereocenters. The number of aromatic nitrogens is 1. The van der Waals surface area contributed by atoms with Gasteiger partial charge in [0, 0.05) is 17.8 Å². The Hall–Kier alpha value is -1.65. The Morgan fingerprint density at radius 1 is 1.27 bits per heavy atom. The summed E-state index contributed by atoms with van der Waals surface area (Å²) >= 11 is 12.2. The molecule has 3 rings (SSSR count). The molecule has 1 aromatic heterocycles. The highest BCUT2D eigenvalue weighted by molar-refractivity contribution is 6.37. The molecule has 1 fully saturated rings. The van der Waals surface area contributed by atoms with E-state index in [1.807, 2.05) is 0 Å². The first-order chi connectivity index (χ1) is 11.0. The zero-order valence-electron chi connectivity index (χ0n) is 12.8. The maximum Gasteiger partial charge on any atom is 0.251 e. The van der Waals surface area contributed by atoms with Crippen molar-refractivity contribution in [1.82, 2.24) is 4.57 Å². The zero-order valence-corrected chi connectivity index (χ0v) is 13.3. The highest BCUT2D eigenvalue weighted by atomic mass is 35.5. The van der Waals surface area contributed by atoms with Crippen molar-refractivity contribution in [3.63, 3.8) is 0 Å². The molecule has 0 bridgehead atoms. The van der Waals surface area contributed by atoms with Gasteiger partial charge in [0.1, 0.15) is 5.75 Å². The van der Waals surface area contributed by atoms with Crippen molar-refractivity contribution in [2.75, 3.05) is 5.73 Å². The van der Waals surface area contributed by atoms with Crippen LogP contribution in [0.4, 0.5) is 5.69 Å². The Bertz CT molecular complexity index is 778. The van der Waals surface area contributed by atoms with Crippen molar-refractivity contribution in [3.8, 4) is 11.5 Å². The van der Waals surface area contributed by atoms with Gasteiger partial charge in [-0.15, -0.1) is 0 Å². The van der Waals surface area contributed by atoms with Crippen LogP contribution in [0, 0.1) is 0 Å². The minimum atomic E-state index is -0.307. The van der Waals surface area contributed by atoms with E-state index in [1.54, 1.807) is 10.8 Å². The van der Waals surface area contributed by atoms with E-state index in [9.17, 15) is 4.79 Å². The molecule has 0 spiro atoms. The summed E-state index contributed by atoms with van der Waals surface area (Å²) in [5.74, 6) is 0.619. The molecule has 0 aliphatic heterocycles. The lowest BCUT2D eigenvalue weighted by Gasteiger charge is -2.16. The number of nitrogens with two attached hydrogens (primary N) is 1. The summed E-state index contributed by atoms with van der Waals surface area (Å²) in [6.07, 6.45) is 5.67. The first-order valence-electron chi connectivity index (χ1n) is 7.61. The topological polar surface area (TPSA) is 57.2 Å². The molecule has 2 aromatic rings. The fourth-order valence-electron chi connectivity index (χ4n) is 2.74. The maximum atomic E-state index is 12.2. The Balaban J connectivity index is 1.99. The van der Waals surface area contributed by atoms with Crippen molar-refractivity contribution in [1.29, 1.82) is 0 Å². The summed E-state index contributed by atoms with van der Waals surface area (Å²) in [7, 11) is 0. The summed E-state index contributed by atoms with van der Waals surface area (Å²) in [5, 5.41) is 0.556. The van der Waals surface area contributed by atoms with Crippen LogP contribution >= 0.6 is 23.2 Å². The summed E-state index contributed by atoms with van der Waals surface area (Å²) in [4.78, 5) is 12.2. The number of anilines is 1. The van der Waals surface area contributed by atoms with Crippen molar-refractivity contribution >= 4 is 28.9 Å². The number of nitrogen functional groups attached to an aromatic ring is 1. The average Bonchev–Trinajstić information content (AvgIpc) is 3.00. The lowest BCUT2D eigenvalue weighted by molar-refractivity contribution is 0.452. The second kappa shape index (κ2) is 6.23. The molecule has 4 nitrogen and oxygen atoms in total. The van der Waals surface area contributed by atoms with Crippen molar-refractivity contribution in [2.24, 2.45) is 0 Å². The van der Waals surface area contributed by atoms with Crippen LogP contribution < -0.4 is 16.0 Å². The molecule has 0 saturated heterocycles. The molecular weight excluding hydrogens is 323 g/mol. The predicted octanol–water partition coefficient (Wildman–Crippen LogP) is 4.64. The third-order valence-electron chi connectivity index (χ3n) is 3.80. The van der Waals surface area contributed by atoms with Crippen molar-refractivity contribution in [2.45, 2.75) is 31.7 Å². The normalized spacial score (nSPS) is 15.8. The summed E-state index contributed by atoms with van der Waals surface area (Å²) in [6, 6.07) is 4.45. The van der Waals surface area contributed by atoms with Gasteiger partial charge in [-0.25, -0.2) is 0 Å². The van der Waals surface area contributed by atoms with E-state index in [-0.39, 0.29) is 33.4 Å². The van der Waals surface area contributed by atoms with Gasteiger partial charge in [0.25, 0.3) is 5.56 Å². The van der Waals surface area contributed by atoms with Crippen LogP contribution in [0.1, 0.15) is 33.1 Å². The predicted molar refractivity (Wildman–Crippen MR) is 89.2 cm³/mol. The highest BCUT2D eigenvalue weighted by Crippen LogP contribution is 2.38. The van der Waals surface area contributed by atoms with Gasteiger partial charge < -0.3 is 15.0 Å². The van der Waals surface area contributed by atoms with E-state index >= 15 is 0 Å².